The second-order valence-electron chi connectivity index (χ2n) is 7.48. The van der Waals surface area contributed by atoms with Crippen molar-refractivity contribution in [1.29, 1.82) is 0 Å². The first-order valence-electron chi connectivity index (χ1n) is 9.51. The molecule has 26 heavy (non-hydrogen) atoms. The van der Waals surface area contributed by atoms with Crippen molar-refractivity contribution in [3.63, 3.8) is 0 Å². The standard InChI is InChI=1S/C22H25FN2O/c1-15(16-8-10-18(23)11-9-16)22(26)24-20-14-17-6-2-3-7-19(17)21(20)25-12-4-5-13-25/h2-3,6-11,15,20-21H,4-5,12-14H2,1H3,(H,24,26)/t15-,20+,21+/m0/s1. The highest BCUT2D eigenvalue weighted by Crippen LogP contribution is 2.38. The minimum absolute atomic E-state index is 0.0126. The third-order valence-electron chi connectivity index (χ3n) is 5.82. The first kappa shape index (κ1) is 17.2. The number of hydrogen-bond acceptors (Lipinski definition) is 2. The molecule has 0 spiro atoms. The van der Waals surface area contributed by atoms with Crippen molar-refractivity contribution in [2.24, 2.45) is 0 Å². The molecule has 0 radical (unpaired) electrons. The lowest BCUT2D eigenvalue weighted by atomic mass is 9.99. The SMILES string of the molecule is C[C@H](C(=O)N[C@@H]1Cc2ccccc2[C@H]1N1CCCC1)c1ccc(F)cc1. The molecule has 1 N–H and O–H groups in total. The molecule has 3 atom stereocenters. The second-order valence-corrected chi connectivity index (χ2v) is 7.48. The molecule has 1 fully saturated rings. The van der Waals surface area contributed by atoms with E-state index < -0.39 is 0 Å². The Bertz CT molecular complexity index is 783. The number of fused-ring (bicyclic) bond motifs is 1. The summed E-state index contributed by atoms with van der Waals surface area (Å²) in [5.74, 6) is -0.557. The molecule has 2 aliphatic rings. The predicted octanol–water partition coefficient (Wildman–Crippen LogP) is 3.81. The Kier molecular flexibility index (Phi) is 4.77. The van der Waals surface area contributed by atoms with Gasteiger partial charge in [-0.25, -0.2) is 4.39 Å². The molecule has 0 aromatic heterocycles. The van der Waals surface area contributed by atoms with Crippen molar-refractivity contribution in [3.05, 3.63) is 71.0 Å². The summed E-state index contributed by atoms with van der Waals surface area (Å²) in [6.07, 6.45) is 3.33. The summed E-state index contributed by atoms with van der Waals surface area (Å²) < 4.78 is 13.1. The van der Waals surface area contributed by atoms with Gasteiger partial charge in [-0.15, -0.1) is 0 Å². The van der Waals surface area contributed by atoms with Crippen LogP contribution < -0.4 is 5.32 Å². The minimum Gasteiger partial charge on any atom is -0.351 e. The zero-order chi connectivity index (χ0) is 18.1. The Morgan fingerprint density at radius 1 is 1.12 bits per heavy atom. The second kappa shape index (κ2) is 7.20. The molecule has 0 unspecified atom stereocenters. The average molecular weight is 352 g/mol. The molecular formula is C22H25FN2O. The number of nitrogens with one attached hydrogen (secondary N) is 1. The van der Waals surface area contributed by atoms with Gasteiger partial charge in [-0.2, -0.15) is 0 Å². The van der Waals surface area contributed by atoms with Crippen molar-refractivity contribution < 1.29 is 9.18 Å². The first-order chi connectivity index (χ1) is 12.6. The molecule has 1 aliphatic carbocycles. The van der Waals surface area contributed by atoms with Crippen molar-refractivity contribution in [1.82, 2.24) is 10.2 Å². The molecule has 1 amide bonds. The van der Waals surface area contributed by atoms with E-state index in [-0.39, 0.29) is 29.7 Å². The highest BCUT2D eigenvalue weighted by molar-refractivity contribution is 5.83. The van der Waals surface area contributed by atoms with Crippen LogP contribution in [0.15, 0.2) is 48.5 Å². The summed E-state index contributed by atoms with van der Waals surface area (Å²) in [6.45, 7) is 4.08. The third kappa shape index (κ3) is 3.26. The molecule has 0 saturated carbocycles. The molecule has 4 rings (SSSR count). The minimum atomic E-state index is -0.293. The van der Waals surface area contributed by atoms with Gasteiger partial charge >= 0.3 is 0 Å². The first-order valence-corrected chi connectivity index (χ1v) is 9.51. The summed E-state index contributed by atoms with van der Waals surface area (Å²) in [6, 6.07) is 15.1. The fourth-order valence-electron chi connectivity index (χ4n) is 4.39. The van der Waals surface area contributed by atoms with Crippen LogP contribution in [0.25, 0.3) is 0 Å². The van der Waals surface area contributed by atoms with E-state index in [1.54, 1.807) is 12.1 Å². The van der Waals surface area contributed by atoms with Crippen LogP contribution in [0.4, 0.5) is 4.39 Å². The number of carbonyl (C=O) groups excluding carboxylic acids is 1. The number of halogens is 1. The number of benzene rings is 2. The van der Waals surface area contributed by atoms with Gasteiger partial charge in [0, 0.05) is 0 Å². The highest BCUT2D eigenvalue weighted by Gasteiger charge is 2.38. The smallest absolute Gasteiger partial charge is 0.227 e. The Hall–Kier alpha value is -2.20. The van der Waals surface area contributed by atoms with Crippen LogP contribution in [-0.2, 0) is 11.2 Å². The van der Waals surface area contributed by atoms with Gasteiger partial charge in [0.1, 0.15) is 5.82 Å². The highest BCUT2D eigenvalue weighted by atomic mass is 19.1. The van der Waals surface area contributed by atoms with Crippen LogP contribution in [0.2, 0.25) is 0 Å². The van der Waals surface area contributed by atoms with Crippen LogP contribution in [0, 0.1) is 5.82 Å². The molecule has 4 heteroatoms. The van der Waals surface area contributed by atoms with E-state index in [2.05, 4.69) is 34.5 Å². The van der Waals surface area contributed by atoms with Crippen LogP contribution in [-0.4, -0.2) is 29.9 Å². The average Bonchev–Trinajstić information content (AvgIpc) is 3.28. The number of rotatable bonds is 4. The van der Waals surface area contributed by atoms with E-state index in [1.807, 2.05) is 6.92 Å². The lowest BCUT2D eigenvalue weighted by Gasteiger charge is -2.31. The normalized spacial score (nSPS) is 23.6. The third-order valence-corrected chi connectivity index (χ3v) is 5.82. The maximum Gasteiger partial charge on any atom is 0.227 e. The molecule has 2 aromatic carbocycles. The zero-order valence-electron chi connectivity index (χ0n) is 15.1. The monoisotopic (exact) mass is 352 g/mol. The van der Waals surface area contributed by atoms with Crippen molar-refractivity contribution in [2.45, 2.75) is 44.2 Å². The largest absolute Gasteiger partial charge is 0.351 e. The summed E-state index contributed by atoms with van der Waals surface area (Å²) in [5.41, 5.74) is 3.54. The molecule has 1 saturated heterocycles. The van der Waals surface area contributed by atoms with E-state index in [4.69, 9.17) is 0 Å². The maximum atomic E-state index is 13.1. The van der Waals surface area contributed by atoms with Gasteiger partial charge in [0.2, 0.25) is 5.91 Å². The zero-order valence-corrected chi connectivity index (χ0v) is 15.1. The quantitative estimate of drug-likeness (QED) is 0.908. The van der Waals surface area contributed by atoms with E-state index in [0.29, 0.717) is 0 Å². The Balaban J connectivity index is 1.52. The van der Waals surface area contributed by atoms with Crippen molar-refractivity contribution in [3.8, 4) is 0 Å². The maximum absolute atomic E-state index is 13.1. The van der Waals surface area contributed by atoms with Crippen LogP contribution >= 0.6 is 0 Å². The molecule has 1 heterocycles. The van der Waals surface area contributed by atoms with Crippen molar-refractivity contribution >= 4 is 5.91 Å². The molecule has 2 aromatic rings. The predicted molar refractivity (Wildman–Crippen MR) is 100 cm³/mol. The van der Waals surface area contributed by atoms with E-state index >= 15 is 0 Å². The molecule has 136 valence electrons. The van der Waals surface area contributed by atoms with Gasteiger partial charge < -0.3 is 5.32 Å². The van der Waals surface area contributed by atoms with Gasteiger partial charge in [0.25, 0.3) is 0 Å². The van der Waals surface area contributed by atoms with Crippen molar-refractivity contribution in [2.75, 3.05) is 13.1 Å². The lowest BCUT2D eigenvalue weighted by Crippen LogP contribution is -2.45. The Morgan fingerprint density at radius 3 is 2.54 bits per heavy atom. The molecule has 0 bridgehead atoms. The summed E-state index contributed by atoms with van der Waals surface area (Å²) >= 11 is 0. The number of likely N-dealkylation sites (tertiary alicyclic amines) is 1. The molecule has 3 nitrogen and oxygen atoms in total. The summed E-state index contributed by atoms with van der Waals surface area (Å²) in [5, 5.41) is 3.29. The Morgan fingerprint density at radius 2 is 1.81 bits per heavy atom. The fourth-order valence-corrected chi connectivity index (χ4v) is 4.39. The van der Waals surface area contributed by atoms with E-state index in [9.17, 15) is 9.18 Å². The van der Waals surface area contributed by atoms with Crippen LogP contribution in [0.1, 0.15) is 48.4 Å². The van der Waals surface area contributed by atoms with Gasteiger partial charge in [-0.3, -0.25) is 9.69 Å². The molecular weight excluding hydrogens is 327 g/mol. The van der Waals surface area contributed by atoms with E-state index in [0.717, 1.165) is 25.1 Å². The van der Waals surface area contributed by atoms with Gasteiger partial charge in [0.15, 0.2) is 0 Å². The van der Waals surface area contributed by atoms with Gasteiger partial charge in [-0.1, -0.05) is 36.4 Å². The number of hydrogen-bond donors (Lipinski definition) is 1. The molecule has 1 aliphatic heterocycles. The fraction of sp³-hybridized carbons (Fsp3) is 0.409. The number of nitrogens with zero attached hydrogens (tertiary/aromatic N) is 1. The summed E-state index contributed by atoms with van der Waals surface area (Å²) in [7, 11) is 0. The van der Waals surface area contributed by atoms with E-state index in [1.165, 1.54) is 36.1 Å². The number of amides is 1. The van der Waals surface area contributed by atoms with Gasteiger partial charge in [0.05, 0.1) is 18.0 Å². The summed E-state index contributed by atoms with van der Waals surface area (Å²) in [4.78, 5) is 15.4. The van der Waals surface area contributed by atoms with Gasteiger partial charge in [-0.05, 0) is 68.1 Å². The Labute approximate surface area is 154 Å². The van der Waals surface area contributed by atoms with Crippen LogP contribution in [0.5, 0.6) is 0 Å². The topological polar surface area (TPSA) is 32.3 Å². The lowest BCUT2D eigenvalue weighted by molar-refractivity contribution is -0.123. The van der Waals surface area contributed by atoms with Crippen LogP contribution in [0.3, 0.4) is 0 Å². The number of carbonyl (C=O) groups is 1.